The molecule has 6 heteroatoms. The number of likely N-dealkylation sites (N-methyl/N-ethyl adjacent to an activating group) is 1. The van der Waals surface area contributed by atoms with Crippen molar-refractivity contribution in [2.75, 3.05) is 20.6 Å². The largest absolute Gasteiger partial charge is 0.349 e. The van der Waals surface area contributed by atoms with Gasteiger partial charge in [-0.25, -0.2) is 4.98 Å². The van der Waals surface area contributed by atoms with Crippen LogP contribution in [0.1, 0.15) is 0 Å². The second-order valence-corrected chi connectivity index (χ2v) is 5.46. The van der Waals surface area contributed by atoms with E-state index < -0.39 is 0 Å². The number of nitrogens with one attached hydrogen (secondary N) is 1. The Hall–Kier alpha value is -1.85. The smallest absolute Gasteiger partial charge is 0.277 e. The molecule has 2 heterocycles. The van der Waals surface area contributed by atoms with E-state index in [2.05, 4.69) is 9.97 Å². The molecule has 5 nitrogen and oxygen atoms in total. The highest BCUT2D eigenvalue weighted by Gasteiger charge is 2.12. The maximum absolute atomic E-state index is 12.5. The first kappa shape index (κ1) is 13.1. The van der Waals surface area contributed by atoms with Gasteiger partial charge in [-0.15, -0.1) is 0 Å². The molecule has 0 radical (unpaired) electrons. The molecule has 0 aliphatic rings. The van der Waals surface area contributed by atoms with E-state index in [9.17, 15) is 4.79 Å². The number of aromatic amines is 1. The fraction of sp³-hybridized carbons (Fsp3) is 0.286. The molecule has 0 aliphatic heterocycles. The average Bonchev–Trinajstić information content (AvgIpc) is 2.78. The Morgan fingerprint density at radius 2 is 2.20 bits per heavy atom. The number of hydrogen-bond acceptors (Lipinski definition) is 3. The predicted octanol–water partition coefficient (Wildman–Crippen LogP) is 2.09. The first-order valence-electron chi connectivity index (χ1n) is 6.38. The molecule has 0 unspecified atom stereocenters. The molecule has 0 aliphatic carbocycles. The van der Waals surface area contributed by atoms with Gasteiger partial charge in [-0.3, -0.25) is 9.36 Å². The number of H-pyrrole nitrogens is 1. The van der Waals surface area contributed by atoms with Gasteiger partial charge in [0.2, 0.25) is 0 Å². The van der Waals surface area contributed by atoms with Crippen LogP contribution in [0.25, 0.3) is 21.9 Å². The maximum Gasteiger partial charge on any atom is 0.277 e. The first-order chi connectivity index (χ1) is 9.58. The summed E-state index contributed by atoms with van der Waals surface area (Å²) in [6, 6.07) is 5.55. The zero-order valence-electron chi connectivity index (χ0n) is 11.4. The van der Waals surface area contributed by atoms with E-state index in [4.69, 9.17) is 11.6 Å². The van der Waals surface area contributed by atoms with E-state index in [1.165, 1.54) is 0 Å². The van der Waals surface area contributed by atoms with Crippen LogP contribution in [-0.4, -0.2) is 40.1 Å². The van der Waals surface area contributed by atoms with E-state index >= 15 is 0 Å². The minimum absolute atomic E-state index is 0.0656. The molecule has 0 saturated carbocycles. The maximum atomic E-state index is 12.5. The van der Waals surface area contributed by atoms with Gasteiger partial charge in [0.05, 0.1) is 11.3 Å². The van der Waals surface area contributed by atoms with Crippen LogP contribution in [0.5, 0.6) is 0 Å². The molecule has 0 atom stereocenters. The summed E-state index contributed by atoms with van der Waals surface area (Å²) in [6.07, 6.45) is 1.59. The minimum atomic E-state index is -0.0656. The SMILES string of the molecule is CN(C)CCn1cnc2c([nH]c3cccc(Cl)c32)c1=O. The normalized spacial score (nSPS) is 11.8. The topological polar surface area (TPSA) is 53.9 Å². The van der Waals surface area contributed by atoms with Crippen molar-refractivity contribution >= 4 is 33.5 Å². The monoisotopic (exact) mass is 290 g/mol. The summed E-state index contributed by atoms with van der Waals surface area (Å²) in [5.74, 6) is 0. The molecule has 0 spiro atoms. The molecular weight excluding hydrogens is 276 g/mol. The summed E-state index contributed by atoms with van der Waals surface area (Å²) >= 11 is 6.20. The molecule has 0 amide bonds. The third-order valence-corrected chi connectivity index (χ3v) is 3.65. The number of nitrogens with zero attached hydrogens (tertiary/aromatic N) is 3. The van der Waals surface area contributed by atoms with Crippen molar-refractivity contribution in [1.29, 1.82) is 0 Å². The van der Waals surface area contributed by atoms with Gasteiger partial charge in [-0.2, -0.15) is 0 Å². The number of fused-ring (bicyclic) bond motifs is 3. The lowest BCUT2D eigenvalue weighted by atomic mass is 10.2. The summed E-state index contributed by atoms with van der Waals surface area (Å²) in [6.45, 7) is 1.39. The molecule has 0 fully saturated rings. The summed E-state index contributed by atoms with van der Waals surface area (Å²) in [5, 5.41) is 1.41. The molecule has 0 bridgehead atoms. The van der Waals surface area contributed by atoms with Gasteiger partial charge >= 0.3 is 0 Å². The Labute approximate surface area is 120 Å². The zero-order chi connectivity index (χ0) is 14.3. The van der Waals surface area contributed by atoms with Crippen LogP contribution in [0, 0.1) is 0 Å². The van der Waals surface area contributed by atoms with Crippen LogP contribution in [0.4, 0.5) is 0 Å². The lowest BCUT2D eigenvalue weighted by molar-refractivity contribution is 0.380. The fourth-order valence-electron chi connectivity index (χ4n) is 2.26. The average molecular weight is 291 g/mol. The molecular formula is C14H15ClN4O. The number of aromatic nitrogens is 3. The van der Waals surface area contributed by atoms with Crippen molar-refractivity contribution in [3.63, 3.8) is 0 Å². The van der Waals surface area contributed by atoms with Crippen LogP contribution >= 0.6 is 11.6 Å². The summed E-state index contributed by atoms with van der Waals surface area (Å²) < 4.78 is 1.62. The number of rotatable bonds is 3. The summed E-state index contributed by atoms with van der Waals surface area (Å²) in [7, 11) is 3.94. The van der Waals surface area contributed by atoms with Gasteiger partial charge in [0, 0.05) is 24.0 Å². The molecule has 3 aromatic rings. The van der Waals surface area contributed by atoms with Crippen LogP contribution < -0.4 is 5.56 Å². The van der Waals surface area contributed by atoms with Crippen molar-refractivity contribution in [3.05, 3.63) is 39.9 Å². The molecule has 1 N–H and O–H groups in total. The molecule has 104 valence electrons. The summed E-state index contributed by atoms with van der Waals surface area (Å²) in [5.41, 5.74) is 1.91. The minimum Gasteiger partial charge on any atom is -0.349 e. The van der Waals surface area contributed by atoms with Crippen LogP contribution in [0.3, 0.4) is 0 Å². The molecule has 0 saturated heterocycles. The van der Waals surface area contributed by atoms with Gasteiger partial charge < -0.3 is 9.88 Å². The van der Waals surface area contributed by atoms with Gasteiger partial charge in [0.1, 0.15) is 11.0 Å². The van der Waals surface area contributed by atoms with E-state index in [1.54, 1.807) is 17.0 Å². The fourth-order valence-corrected chi connectivity index (χ4v) is 2.53. The van der Waals surface area contributed by atoms with Crippen molar-refractivity contribution in [1.82, 2.24) is 19.4 Å². The molecule has 1 aromatic carbocycles. The van der Waals surface area contributed by atoms with E-state index in [0.717, 1.165) is 17.4 Å². The van der Waals surface area contributed by atoms with Crippen LogP contribution in [0.2, 0.25) is 5.02 Å². The molecule has 2 aromatic heterocycles. The van der Waals surface area contributed by atoms with E-state index in [1.807, 2.05) is 31.1 Å². The van der Waals surface area contributed by atoms with E-state index in [-0.39, 0.29) is 5.56 Å². The number of benzene rings is 1. The molecule has 20 heavy (non-hydrogen) atoms. The van der Waals surface area contributed by atoms with E-state index in [0.29, 0.717) is 22.6 Å². The quantitative estimate of drug-likeness (QED) is 0.804. The Kier molecular flexibility index (Phi) is 3.23. The highest BCUT2D eigenvalue weighted by molar-refractivity contribution is 6.37. The number of halogens is 1. The van der Waals surface area contributed by atoms with Gasteiger partial charge in [0.25, 0.3) is 5.56 Å². The van der Waals surface area contributed by atoms with Gasteiger partial charge in [-0.05, 0) is 26.2 Å². The highest BCUT2D eigenvalue weighted by atomic mass is 35.5. The van der Waals surface area contributed by atoms with Crippen molar-refractivity contribution in [2.24, 2.45) is 0 Å². The lowest BCUT2D eigenvalue weighted by Crippen LogP contribution is -2.26. The predicted molar refractivity (Wildman–Crippen MR) is 81.4 cm³/mol. The van der Waals surface area contributed by atoms with Crippen molar-refractivity contribution in [2.45, 2.75) is 6.54 Å². The second kappa shape index (κ2) is 4.92. The van der Waals surface area contributed by atoms with Gasteiger partial charge in [-0.1, -0.05) is 17.7 Å². The van der Waals surface area contributed by atoms with Crippen LogP contribution in [-0.2, 0) is 6.54 Å². The Balaban J connectivity index is 2.21. The Bertz CT molecular complexity index is 834. The lowest BCUT2D eigenvalue weighted by Gasteiger charge is -2.10. The third kappa shape index (κ3) is 2.09. The summed E-state index contributed by atoms with van der Waals surface area (Å²) in [4.78, 5) is 22.0. The number of hydrogen-bond donors (Lipinski definition) is 1. The zero-order valence-corrected chi connectivity index (χ0v) is 12.1. The van der Waals surface area contributed by atoms with Crippen molar-refractivity contribution in [3.8, 4) is 0 Å². The first-order valence-corrected chi connectivity index (χ1v) is 6.76. The Morgan fingerprint density at radius 3 is 2.95 bits per heavy atom. The molecule has 3 rings (SSSR count). The standard InChI is InChI=1S/C14H15ClN4O/c1-18(2)6-7-19-8-16-12-11-9(15)4-3-5-10(11)17-13(12)14(19)20/h3-5,8,17H,6-7H2,1-2H3. The van der Waals surface area contributed by atoms with Gasteiger partial charge in [0.15, 0.2) is 0 Å². The van der Waals surface area contributed by atoms with Crippen LogP contribution in [0.15, 0.2) is 29.3 Å². The second-order valence-electron chi connectivity index (χ2n) is 5.06. The van der Waals surface area contributed by atoms with Crippen molar-refractivity contribution < 1.29 is 0 Å². The Morgan fingerprint density at radius 1 is 1.40 bits per heavy atom. The third-order valence-electron chi connectivity index (χ3n) is 3.34. The highest BCUT2D eigenvalue weighted by Crippen LogP contribution is 2.28.